The fourth-order valence-electron chi connectivity index (χ4n) is 3.68. The second kappa shape index (κ2) is 8.90. The molecule has 7 heteroatoms. The number of anilines is 1. The number of hydrogen-bond acceptors (Lipinski definition) is 4. The summed E-state index contributed by atoms with van der Waals surface area (Å²) >= 11 is 0. The van der Waals surface area contributed by atoms with Crippen LogP contribution in [0.5, 0.6) is 0 Å². The van der Waals surface area contributed by atoms with Gasteiger partial charge in [0.25, 0.3) is 5.91 Å². The third-order valence-corrected chi connectivity index (χ3v) is 5.55. The summed E-state index contributed by atoms with van der Waals surface area (Å²) in [4.78, 5) is 31.3. The average Bonchev–Trinajstić information content (AvgIpc) is 3.30. The van der Waals surface area contributed by atoms with E-state index in [0.29, 0.717) is 37.3 Å². The number of rotatable bonds is 5. The summed E-state index contributed by atoms with van der Waals surface area (Å²) in [6.07, 6.45) is 5.68. The topological polar surface area (TPSA) is 91.0 Å². The lowest BCUT2D eigenvalue weighted by Crippen LogP contribution is -2.41. The Bertz CT molecular complexity index is 1010. The number of nitrogens with zero attached hydrogens (tertiary/aromatic N) is 3. The normalized spacial score (nSPS) is 14.5. The smallest absolute Gasteiger partial charge is 0.271 e. The summed E-state index contributed by atoms with van der Waals surface area (Å²) in [5.74, 6) is -0.161. The molecule has 3 heterocycles. The van der Waals surface area contributed by atoms with E-state index in [-0.39, 0.29) is 17.7 Å². The third-order valence-electron chi connectivity index (χ3n) is 5.55. The van der Waals surface area contributed by atoms with Gasteiger partial charge < -0.3 is 10.2 Å². The Morgan fingerprint density at radius 2 is 1.93 bits per heavy atom. The van der Waals surface area contributed by atoms with Crippen molar-refractivity contribution in [2.45, 2.75) is 26.2 Å². The number of pyridine rings is 1. The Morgan fingerprint density at radius 3 is 2.60 bits per heavy atom. The van der Waals surface area contributed by atoms with Gasteiger partial charge in [-0.25, -0.2) is 0 Å². The van der Waals surface area contributed by atoms with Gasteiger partial charge in [-0.2, -0.15) is 5.10 Å². The highest BCUT2D eigenvalue weighted by Crippen LogP contribution is 2.22. The molecule has 154 valence electrons. The molecule has 30 heavy (non-hydrogen) atoms. The highest BCUT2D eigenvalue weighted by atomic mass is 16.2. The number of piperidine rings is 1. The minimum Gasteiger partial charge on any atom is -0.337 e. The van der Waals surface area contributed by atoms with Crippen LogP contribution in [0.2, 0.25) is 0 Å². The van der Waals surface area contributed by atoms with E-state index in [1.807, 2.05) is 36.4 Å². The van der Waals surface area contributed by atoms with E-state index in [1.54, 1.807) is 23.4 Å². The highest BCUT2D eigenvalue weighted by molar-refractivity contribution is 5.95. The summed E-state index contributed by atoms with van der Waals surface area (Å²) < 4.78 is 0. The first-order chi connectivity index (χ1) is 14.6. The maximum Gasteiger partial charge on any atom is 0.271 e. The molecular weight excluding hydrogens is 378 g/mol. The lowest BCUT2D eigenvalue weighted by atomic mass is 9.95. The van der Waals surface area contributed by atoms with Gasteiger partial charge in [0.15, 0.2) is 0 Å². The molecule has 4 rings (SSSR count). The second-order valence-corrected chi connectivity index (χ2v) is 7.51. The summed E-state index contributed by atoms with van der Waals surface area (Å²) in [6.45, 7) is 3.20. The van der Waals surface area contributed by atoms with Gasteiger partial charge in [-0.1, -0.05) is 19.1 Å². The first kappa shape index (κ1) is 19.8. The summed E-state index contributed by atoms with van der Waals surface area (Å²) in [5.41, 5.74) is 4.05. The van der Waals surface area contributed by atoms with Crippen LogP contribution in [0.1, 0.15) is 35.8 Å². The second-order valence-electron chi connectivity index (χ2n) is 7.51. The standard InChI is InChI=1S/C23H25N5O2/c1-2-16-5-7-19(8-6-16)25-22(29)17-9-12-28(13-10-17)23(30)21-14-20(26-27-21)18-4-3-11-24-15-18/h3-8,11,14-15,17H,2,9-10,12-13H2,1H3,(H,25,29)(H,26,27). The molecule has 2 N–H and O–H groups in total. The van der Waals surface area contributed by atoms with Gasteiger partial charge in [-0.3, -0.25) is 19.7 Å². The SMILES string of the molecule is CCc1ccc(NC(=O)C2CCN(C(=O)c3cc(-c4cccnc4)n[nH]3)CC2)cc1. The van der Waals surface area contributed by atoms with Crippen molar-refractivity contribution in [2.24, 2.45) is 5.92 Å². The van der Waals surface area contributed by atoms with Gasteiger partial charge >= 0.3 is 0 Å². The molecule has 1 fully saturated rings. The molecule has 2 aromatic heterocycles. The number of aromatic amines is 1. The van der Waals surface area contributed by atoms with Crippen LogP contribution in [-0.2, 0) is 11.2 Å². The van der Waals surface area contributed by atoms with E-state index in [2.05, 4.69) is 27.4 Å². The molecule has 3 aromatic rings. The quantitative estimate of drug-likeness (QED) is 0.682. The number of likely N-dealkylation sites (tertiary alicyclic amines) is 1. The van der Waals surface area contributed by atoms with Crippen LogP contribution < -0.4 is 5.32 Å². The van der Waals surface area contributed by atoms with Crippen LogP contribution in [0.15, 0.2) is 54.9 Å². The fraction of sp³-hybridized carbons (Fsp3) is 0.304. The van der Waals surface area contributed by atoms with Crippen molar-refractivity contribution < 1.29 is 9.59 Å². The molecule has 1 saturated heterocycles. The molecule has 1 aliphatic heterocycles. The minimum absolute atomic E-state index is 0.0201. The number of hydrogen-bond donors (Lipinski definition) is 2. The molecule has 7 nitrogen and oxygen atoms in total. The van der Waals surface area contributed by atoms with E-state index in [4.69, 9.17) is 0 Å². The summed E-state index contributed by atoms with van der Waals surface area (Å²) in [6, 6.07) is 13.4. The van der Waals surface area contributed by atoms with Crippen molar-refractivity contribution in [1.82, 2.24) is 20.1 Å². The Balaban J connectivity index is 1.32. The van der Waals surface area contributed by atoms with E-state index >= 15 is 0 Å². The molecule has 1 aromatic carbocycles. The molecule has 0 aliphatic carbocycles. The first-order valence-electron chi connectivity index (χ1n) is 10.3. The van der Waals surface area contributed by atoms with Crippen molar-refractivity contribution in [3.05, 3.63) is 66.1 Å². The van der Waals surface area contributed by atoms with E-state index < -0.39 is 0 Å². The molecule has 0 saturated carbocycles. The minimum atomic E-state index is -0.0911. The van der Waals surface area contributed by atoms with Gasteiger partial charge in [0, 0.05) is 42.7 Å². The number of amides is 2. The molecule has 0 spiro atoms. The monoisotopic (exact) mass is 403 g/mol. The fourth-order valence-corrected chi connectivity index (χ4v) is 3.68. The molecule has 0 unspecified atom stereocenters. The number of carbonyl (C=O) groups is 2. The van der Waals surface area contributed by atoms with Gasteiger partial charge in [0.05, 0.1) is 5.69 Å². The third kappa shape index (κ3) is 4.40. The van der Waals surface area contributed by atoms with Gasteiger partial charge in [0.2, 0.25) is 5.91 Å². The molecule has 0 radical (unpaired) electrons. The molecule has 2 amide bonds. The number of nitrogens with one attached hydrogen (secondary N) is 2. The zero-order valence-corrected chi connectivity index (χ0v) is 17.0. The predicted octanol–water partition coefficient (Wildman–Crippen LogP) is 3.53. The van der Waals surface area contributed by atoms with E-state index in [1.165, 1.54) is 5.56 Å². The number of H-pyrrole nitrogens is 1. The Morgan fingerprint density at radius 1 is 1.17 bits per heavy atom. The lowest BCUT2D eigenvalue weighted by Gasteiger charge is -2.31. The van der Waals surface area contributed by atoms with Crippen molar-refractivity contribution >= 4 is 17.5 Å². The van der Waals surface area contributed by atoms with Crippen LogP contribution in [0.25, 0.3) is 11.3 Å². The molecule has 0 bridgehead atoms. The van der Waals surface area contributed by atoms with Crippen LogP contribution in [-0.4, -0.2) is 45.0 Å². The maximum atomic E-state index is 12.8. The average molecular weight is 403 g/mol. The van der Waals surface area contributed by atoms with Crippen molar-refractivity contribution in [3.63, 3.8) is 0 Å². The first-order valence-corrected chi connectivity index (χ1v) is 10.3. The maximum absolute atomic E-state index is 12.8. The lowest BCUT2D eigenvalue weighted by molar-refractivity contribution is -0.121. The van der Waals surface area contributed by atoms with E-state index in [9.17, 15) is 9.59 Å². The number of aryl methyl sites for hydroxylation is 1. The van der Waals surface area contributed by atoms with Gasteiger partial charge in [-0.15, -0.1) is 0 Å². The van der Waals surface area contributed by atoms with Crippen LogP contribution in [0, 0.1) is 5.92 Å². The summed E-state index contributed by atoms with van der Waals surface area (Å²) in [7, 11) is 0. The molecule has 1 aliphatic rings. The van der Waals surface area contributed by atoms with Crippen molar-refractivity contribution in [3.8, 4) is 11.3 Å². The van der Waals surface area contributed by atoms with Crippen LogP contribution in [0.4, 0.5) is 5.69 Å². The number of benzene rings is 1. The largest absolute Gasteiger partial charge is 0.337 e. The Labute approximate surface area is 175 Å². The van der Waals surface area contributed by atoms with Crippen LogP contribution >= 0.6 is 0 Å². The molecular formula is C23H25N5O2. The van der Waals surface area contributed by atoms with Crippen LogP contribution in [0.3, 0.4) is 0 Å². The zero-order valence-electron chi connectivity index (χ0n) is 17.0. The van der Waals surface area contributed by atoms with E-state index in [0.717, 1.165) is 17.7 Å². The summed E-state index contributed by atoms with van der Waals surface area (Å²) in [5, 5.41) is 10.1. The Kier molecular flexibility index (Phi) is 5.88. The van der Waals surface area contributed by atoms with Crippen molar-refractivity contribution in [1.29, 1.82) is 0 Å². The predicted molar refractivity (Wildman–Crippen MR) is 115 cm³/mol. The zero-order chi connectivity index (χ0) is 20.9. The number of aromatic nitrogens is 3. The van der Waals surface area contributed by atoms with Crippen molar-refractivity contribution in [2.75, 3.05) is 18.4 Å². The Hall–Kier alpha value is -3.48. The van der Waals surface area contributed by atoms with Gasteiger partial charge in [0.1, 0.15) is 5.69 Å². The highest BCUT2D eigenvalue weighted by Gasteiger charge is 2.28. The molecule has 0 atom stereocenters. The number of carbonyl (C=O) groups excluding carboxylic acids is 2. The van der Waals surface area contributed by atoms with Gasteiger partial charge in [-0.05, 0) is 55.2 Å².